The van der Waals surface area contributed by atoms with E-state index >= 15 is 0 Å². The van der Waals surface area contributed by atoms with E-state index < -0.39 is 12.4 Å². The molecule has 3 N–H and O–H groups in total. The summed E-state index contributed by atoms with van der Waals surface area (Å²) < 4.78 is 40.2. The highest BCUT2D eigenvalue weighted by atomic mass is 19.4. The van der Waals surface area contributed by atoms with Gasteiger partial charge in [-0.05, 0) is 48.2 Å². The molecule has 0 saturated heterocycles. The minimum Gasteiger partial charge on any atom is -0.507 e. The lowest BCUT2D eigenvalue weighted by Gasteiger charge is -2.16. The highest BCUT2D eigenvalue weighted by molar-refractivity contribution is 5.45. The van der Waals surface area contributed by atoms with E-state index in [9.17, 15) is 18.3 Å². The molecule has 0 fully saturated rings. The smallest absolute Gasteiger partial charge is 0.507 e. The Hall–Kier alpha value is -2.21. The van der Waals surface area contributed by atoms with Gasteiger partial charge in [0.05, 0.1) is 6.04 Å². The van der Waals surface area contributed by atoms with E-state index in [0.717, 1.165) is 5.56 Å². The lowest BCUT2D eigenvalue weighted by atomic mass is 9.96. The maximum absolute atomic E-state index is 12.1. The molecule has 0 aliphatic heterocycles. The molecule has 0 aliphatic rings. The summed E-state index contributed by atoms with van der Waals surface area (Å²) in [5.74, 6) is -0.0774. The summed E-state index contributed by atoms with van der Waals surface area (Å²) in [6, 6.07) is 8.44. The topological polar surface area (TPSA) is 55.5 Å². The zero-order valence-electron chi connectivity index (χ0n) is 12.1. The van der Waals surface area contributed by atoms with Crippen LogP contribution in [0.15, 0.2) is 36.4 Å². The Bertz CT molecular complexity index is 643. The van der Waals surface area contributed by atoms with Crippen molar-refractivity contribution >= 4 is 0 Å². The van der Waals surface area contributed by atoms with Crippen molar-refractivity contribution < 1.29 is 23.0 Å². The zero-order chi connectivity index (χ0) is 16.5. The first-order valence-corrected chi connectivity index (χ1v) is 6.59. The molecular formula is C16H16F3NO2. The second kappa shape index (κ2) is 5.88. The first-order valence-electron chi connectivity index (χ1n) is 6.59. The third-order valence-electron chi connectivity index (χ3n) is 3.35. The Balaban J connectivity index is 2.25. The second-order valence-electron chi connectivity index (χ2n) is 5.10. The summed E-state index contributed by atoms with van der Waals surface area (Å²) in [5, 5.41) is 9.76. The number of hydrogen-bond acceptors (Lipinski definition) is 3. The van der Waals surface area contributed by atoms with Crippen molar-refractivity contribution in [1.82, 2.24) is 0 Å². The number of phenols is 1. The van der Waals surface area contributed by atoms with Crippen molar-refractivity contribution in [1.29, 1.82) is 0 Å². The zero-order valence-corrected chi connectivity index (χ0v) is 12.1. The molecule has 6 heteroatoms. The van der Waals surface area contributed by atoms with Gasteiger partial charge in [0, 0.05) is 0 Å². The van der Waals surface area contributed by atoms with Crippen molar-refractivity contribution in [2.24, 2.45) is 5.73 Å². The van der Waals surface area contributed by atoms with Crippen LogP contribution >= 0.6 is 0 Å². The van der Waals surface area contributed by atoms with E-state index in [2.05, 4.69) is 4.74 Å². The van der Waals surface area contributed by atoms with Gasteiger partial charge < -0.3 is 15.6 Å². The molecule has 0 unspecified atom stereocenters. The van der Waals surface area contributed by atoms with E-state index in [1.165, 1.54) is 24.3 Å². The van der Waals surface area contributed by atoms with Gasteiger partial charge in [-0.1, -0.05) is 24.3 Å². The van der Waals surface area contributed by atoms with Crippen LogP contribution in [0.25, 0.3) is 0 Å². The minimum atomic E-state index is -4.71. The van der Waals surface area contributed by atoms with Crippen LogP contribution < -0.4 is 10.5 Å². The molecular weight excluding hydrogens is 295 g/mol. The summed E-state index contributed by atoms with van der Waals surface area (Å²) in [4.78, 5) is 0. The highest BCUT2D eigenvalue weighted by Crippen LogP contribution is 2.29. The third-order valence-corrected chi connectivity index (χ3v) is 3.35. The van der Waals surface area contributed by atoms with E-state index in [-0.39, 0.29) is 11.5 Å². The van der Waals surface area contributed by atoms with Crippen molar-refractivity contribution in [2.75, 3.05) is 0 Å². The predicted molar refractivity (Wildman–Crippen MR) is 76.7 cm³/mol. The Morgan fingerprint density at radius 1 is 1.00 bits per heavy atom. The van der Waals surface area contributed by atoms with E-state index in [1.807, 2.05) is 0 Å². The molecule has 0 spiro atoms. The second-order valence-corrected chi connectivity index (χ2v) is 5.10. The van der Waals surface area contributed by atoms with Crippen molar-refractivity contribution in [3.63, 3.8) is 0 Å². The maximum Gasteiger partial charge on any atom is 0.573 e. The summed E-state index contributed by atoms with van der Waals surface area (Å²) in [7, 11) is 0. The minimum absolute atomic E-state index is 0.213. The van der Waals surface area contributed by atoms with Crippen LogP contribution in [0.5, 0.6) is 11.5 Å². The number of nitrogens with two attached hydrogens (primary N) is 1. The maximum atomic E-state index is 12.1. The fourth-order valence-corrected chi connectivity index (χ4v) is 2.24. The molecule has 0 amide bonds. The molecule has 118 valence electrons. The van der Waals surface area contributed by atoms with Crippen molar-refractivity contribution in [3.05, 3.63) is 58.7 Å². The number of benzene rings is 2. The van der Waals surface area contributed by atoms with Gasteiger partial charge in [-0.3, -0.25) is 0 Å². The fourth-order valence-electron chi connectivity index (χ4n) is 2.24. The van der Waals surface area contributed by atoms with Gasteiger partial charge in [0.15, 0.2) is 0 Å². The quantitative estimate of drug-likeness (QED) is 0.902. The van der Waals surface area contributed by atoms with Gasteiger partial charge >= 0.3 is 6.36 Å². The summed E-state index contributed by atoms with van der Waals surface area (Å²) in [6.45, 7) is 3.53. The standard InChI is InChI=1S/C16H16F3NO2/c1-9-7-12(8-10(2)15(9)21)14(20)11-3-5-13(6-4-11)22-16(17,18)19/h3-8,14,21H,20H2,1-2H3/t14-/m1/s1. The molecule has 2 aromatic carbocycles. The number of alkyl halides is 3. The molecule has 2 aromatic rings. The number of halogens is 3. The first kappa shape index (κ1) is 16.2. The van der Waals surface area contributed by atoms with Gasteiger partial charge in [-0.25, -0.2) is 0 Å². The van der Waals surface area contributed by atoms with E-state index in [0.29, 0.717) is 16.7 Å². The molecule has 0 bridgehead atoms. The van der Waals surface area contributed by atoms with E-state index in [1.54, 1.807) is 26.0 Å². The molecule has 0 saturated carbocycles. The average Bonchev–Trinajstić information content (AvgIpc) is 2.42. The Morgan fingerprint density at radius 3 is 1.95 bits per heavy atom. The summed E-state index contributed by atoms with van der Waals surface area (Å²) in [5.41, 5.74) is 8.96. The monoisotopic (exact) mass is 311 g/mol. The third kappa shape index (κ3) is 3.71. The Kier molecular flexibility index (Phi) is 4.32. The first-order chi connectivity index (χ1) is 10.2. The molecule has 22 heavy (non-hydrogen) atoms. The van der Waals surface area contributed by atoms with Gasteiger partial charge in [0.2, 0.25) is 0 Å². The van der Waals surface area contributed by atoms with Crippen LogP contribution in [0.4, 0.5) is 13.2 Å². The average molecular weight is 311 g/mol. The molecule has 0 aromatic heterocycles. The highest BCUT2D eigenvalue weighted by Gasteiger charge is 2.31. The SMILES string of the molecule is Cc1cc([C@H](N)c2ccc(OC(F)(F)F)cc2)cc(C)c1O. The van der Waals surface area contributed by atoms with Gasteiger partial charge in [-0.2, -0.15) is 0 Å². The van der Waals surface area contributed by atoms with Crippen LogP contribution in [-0.2, 0) is 0 Å². The Morgan fingerprint density at radius 2 is 1.50 bits per heavy atom. The van der Waals surface area contributed by atoms with Crippen molar-refractivity contribution in [3.8, 4) is 11.5 Å². The number of rotatable bonds is 3. The number of aryl methyl sites for hydroxylation is 2. The predicted octanol–water partition coefficient (Wildman–Crippen LogP) is 3.96. The van der Waals surface area contributed by atoms with Crippen LogP contribution in [-0.4, -0.2) is 11.5 Å². The normalized spacial score (nSPS) is 13.0. The van der Waals surface area contributed by atoms with Crippen LogP contribution in [0, 0.1) is 13.8 Å². The van der Waals surface area contributed by atoms with Crippen LogP contribution in [0.2, 0.25) is 0 Å². The number of phenolic OH excluding ortho intramolecular Hbond substituents is 1. The Labute approximate surface area is 126 Å². The fraction of sp³-hybridized carbons (Fsp3) is 0.250. The molecule has 2 rings (SSSR count). The van der Waals surface area contributed by atoms with Crippen molar-refractivity contribution in [2.45, 2.75) is 26.3 Å². The molecule has 0 aliphatic carbocycles. The molecule has 0 radical (unpaired) electrons. The molecule has 0 heterocycles. The molecule has 3 nitrogen and oxygen atoms in total. The number of aromatic hydroxyl groups is 1. The summed E-state index contributed by atoms with van der Waals surface area (Å²) >= 11 is 0. The van der Waals surface area contributed by atoms with Crippen LogP contribution in [0.1, 0.15) is 28.3 Å². The van der Waals surface area contributed by atoms with Gasteiger partial charge in [0.25, 0.3) is 0 Å². The lowest BCUT2D eigenvalue weighted by Crippen LogP contribution is -2.17. The number of ether oxygens (including phenoxy) is 1. The van der Waals surface area contributed by atoms with Gasteiger partial charge in [0.1, 0.15) is 11.5 Å². The molecule has 1 atom stereocenters. The summed E-state index contributed by atoms with van der Waals surface area (Å²) in [6.07, 6.45) is -4.71. The van der Waals surface area contributed by atoms with E-state index in [4.69, 9.17) is 5.73 Å². The lowest BCUT2D eigenvalue weighted by molar-refractivity contribution is -0.274. The van der Waals surface area contributed by atoms with Crippen LogP contribution in [0.3, 0.4) is 0 Å². The van der Waals surface area contributed by atoms with Gasteiger partial charge in [-0.15, -0.1) is 13.2 Å². The largest absolute Gasteiger partial charge is 0.573 e. The number of hydrogen-bond donors (Lipinski definition) is 2.